The zero-order valence-electron chi connectivity index (χ0n) is 14.2. The van der Waals surface area contributed by atoms with Crippen LogP contribution in [0.1, 0.15) is 39.6 Å². The summed E-state index contributed by atoms with van der Waals surface area (Å²) in [7, 11) is 0. The predicted molar refractivity (Wildman–Crippen MR) is 99.9 cm³/mol. The molecule has 128 valence electrons. The van der Waals surface area contributed by atoms with Crippen molar-refractivity contribution in [1.29, 1.82) is 0 Å². The van der Waals surface area contributed by atoms with Crippen LogP contribution < -0.4 is 10.1 Å². The van der Waals surface area contributed by atoms with E-state index < -0.39 is 0 Å². The van der Waals surface area contributed by atoms with Gasteiger partial charge >= 0.3 is 0 Å². The van der Waals surface area contributed by atoms with Crippen molar-refractivity contribution in [2.45, 2.75) is 26.5 Å². The predicted octanol–water partition coefficient (Wildman–Crippen LogP) is 4.52. The third-order valence-corrected chi connectivity index (χ3v) is 4.64. The van der Waals surface area contributed by atoms with Crippen LogP contribution in [0.3, 0.4) is 0 Å². The Labute approximate surface area is 151 Å². The highest BCUT2D eigenvalue weighted by Crippen LogP contribution is 2.17. The van der Waals surface area contributed by atoms with Crippen molar-refractivity contribution in [3.05, 3.63) is 81.8 Å². The van der Waals surface area contributed by atoms with Gasteiger partial charge in [0.2, 0.25) is 0 Å². The maximum Gasteiger partial charge on any atom is 0.271 e. The molecule has 0 radical (unpaired) electrons. The fourth-order valence-electron chi connectivity index (χ4n) is 2.36. The molecule has 0 aliphatic heterocycles. The number of carbonyl (C=O) groups is 1. The van der Waals surface area contributed by atoms with Gasteiger partial charge in [0.25, 0.3) is 5.91 Å². The molecule has 0 saturated heterocycles. The van der Waals surface area contributed by atoms with E-state index in [1.807, 2.05) is 68.4 Å². The van der Waals surface area contributed by atoms with Gasteiger partial charge in [-0.05, 0) is 31.5 Å². The first kappa shape index (κ1) is 17.2. The summed E-state index contributed by atoms with van der Waals surface area (Å²) in [4.78, 5) is 16.7. The molecule has 0 bridgehead atoms. The molecule has 3 aromatic rings. The van der Waals surface area contributed by atoms with Crippen molar-refractivity contribution < 1.29 is 9.53 Å². The molecule has 0 aliphatic carbocycles. The highest BCUT2D eigenvalue weighted by atomic mass is 32.1. The minimum Gasteiger partial charge on any atom is -0.486 e. The Hall–Kier alpha value is -2.66. The van der Waals surface area contributed by atoms with Crippen molar-refractivity contribution in [3.8, 4) is 5.75 Å². The van der Waals surface area contributed by atoms with E-state index in [2.05, 4.69) is 10.3 Å². The van der Waals surface area contributed by atoms with Gasteiger partial charge in [0.1, 0.15) is 23.1 Å². The van der Waals surface area contributed by atoms with Crippen LogP contribution in [-0.2, 0) is 6.61 Å². The van der Waals surface area contributed by atoms with Crippen LogP contribution in [0.4, 0.5) is 0 Å². The van der Waals surface area contributed by atoms with Gasteiger partial charge in [-0.1, -0.05) is 48.0 Å². The Kier molecular flexibility index (Phi) is 5.46. The van der Waals surface area contributed by atoms with E-state index >= 15 is 0 Å². The number of benzene rings is 2. The molecule has 1 atom stereocenters. The lowest BCUT2D eigenvalue weighted by molar-refractivity contribution is 0.0935. The monoisotopic (exact) mass is 352 g/mol. The molecule has 1 unspecified atom stereocenters. The number of nitrogens with zero attached hydrogens (tertiary/aromatic N) is 1. The first-order valence-corrected chi connectivity index (χ1v) is 8.99. The molecule has 5 heteroatoms. The van der Waals surface area contributed by atoms with Gasteiger partial charge in [0.05, 0.1) is 6.04 Å². The zero-order valence-corrected chi connectivity index (χ0v) is 15.0. The summed E-state index contributed by atoms with van der Waals surface area (Å²) in [5.74, 6) is 0.624. The maximum atomic E-state index is 12.3. The average Bonchev–Trinajstić information content (AvgIpc) is 3.11. The Morgan fingerprint density at radius 2 is 1.88 bits per heavy atom. The number of thiazole rings is 1. The van der Waals surface area contributed by atoms with Gasteiger partial charge in [-0.25, -0.2) is 4.98 Å². The Bertz CT molecular complexity index is 828. The summed E-state index contributed by atoms with van der Waals surface area (Å²) in [6, 6.07) is 17.7. The average molecular weight is 352 g/mol. The Morgan fingerprint density at radius 1 is 1.16 bits per heavy atom. The van der Waals surface area contributed by atoms with E-state index in [0.717, 1.165) is 16.3 Å². The van der Waals surface area contributed by atoms with E-state index in [1.165, 1.54) is 16.9 Å². The van der Waals surface area contributed by atoms with Crippen molar-refractivity contribution in [2.24, 2.45) is 0 Å². The van der Waals surface area contributed by atoms with Crippen LogP contribution in [0.2, 0.25) is 0 Å². The topological polar surface area (TPSA) is 51.2 Å². The fourth-order valence-corrected chi connectivity index (χ4v) is 3.04. The molecule has 25 heavy (non-hydrogen) atoms. The molecule has 1 amide bonds. The van der Waals surface area contributed by atoms with E-state index in [4.69, 9.17) is 4.74 Å². The van der Waals surface area contributed by atoms with Gasteiger partial charge in [-0.3, -0.25) is 4.79 Å². The lowest BCUT2D eigenvalue weighted by Crippen LogP contribution is -2.26. The van der Waals surface area contributed by atoms with Crippen molar-refractivity contribution in [2.75, 3.05) is 0 Å². The van der Waals surface area contributed by atoms with Crippen molar-refractivity contribution >= 4 is 17.2 Å². The molecule has 4 nitrogen and oxygen atoms in total. The van der Waals surface area contributed by atoms with Crippen LogP contribution in [0.25, 0.3) is 0 Å². The van der Waals surface area contributed by atoms with Gasteiger partial charge in [0, 0.05) is 5.38 Å². The molecule has 0 aliphatic rings. The molecule has 1 heterocycles. The van der Waals surface area contributed by atoms with E-state index in [0.29, 0.717) is 12.3 Å². The summed E-state index contributed by atoms with van der Waals surface area (Å²) in [5, 5.41) is 5.51. The molecule has 0 fully saturated rings. The smallest absolute Gasteiger partial charge is 0.271 e. The Balaban J connectivity index is 1.57. The molecule has 2 aromatic carbocycles. The Morgan fingerprint density at radius 3 is 2.60 bits per heavy atom. The SMILES string of the molecule is Cc1ccc(OCc2nc(C(=O)NC(C)c3ccccc3)cs2)cc1. The molecule has 1 aromatic heterocycles. The second-order valence-corrected chi connectivity index (χ2v) is 6.78. The standard InChI is InChI=1S/C20H20N2O2S/c1-14-8-10-17(11-9-14)24-12-19-22-18(13-25-19)20(23)21-15(2)16-6-4-3-5-7-16/h3-11,13,15H,12H2,1-2H3,(H,21,23). The van der Waals surface area contributed by atoms with Crippen molar-refractivity contribution in [3.63, 3.8) is 0 Å². The van der Waals surface area contributed by atoms with Gasteiger partial charge in [0.15, 0.2) is 0 Å². The largest absolute Gasteiger partial charge is 0.486 e. The summed E-state index contributed by atoms with van der Waals surface area (Å²) < 4.78 is 5.71. The maximum absolute atomic E-state index is 12.3. The highest BCUT2D eigenvalue weighted by Gasteiger charge is 2.14. The van der Waals surface area contributed by atoms with E-state index in [9.17, 15) is 4.79 Å². The van der Waals surface area contributed by atoms with Gasteiger partial charge < -0.3 is 10.1 Å². The first-order valence-electron chi connectivity index (χ1n) is 8.11. The summed E-state index contributed by atoms with van der Waals surface area (Å²) >= 11 is 1.43. The van der Waals surface area contributed by atoms with E-state index in [1.54, 1.807) is 5.38 Å². The van der Waals surface area contributed by atoms with Gasteiger partial charge in [-0.2, -0.15) is 0 Å². The third-order valence-electron chi connectivity index (χ3n) is 3.81. The zero-order chi connectivity index (χ0) is 17.6. The molecule has 0 saturated carbocycles. The lowest BCUT2D eigenvalue weighted by Gasteiger charge is -2.13. The van der Waals surface area contributed by atoms with Crippen LogP contribution in [0.15, 0.2) is 60.0 Å². The molecular formula is C20H20N2O2S. The molecule has 0 spiro atoms. The molecule has 1 N–H and O–H groups in total. The number of carbonyl (C=O) groups excluding carboxylic acids is 1. The highest BCUT2D eigenvalue weighted by molar-refractivity contribution is 7.09. The number of ether oxygens (including phenoxy) is 1. The number of hydrogen-bond acceptors (Lipinski definition) is 4. The fraction of sp³-hybridized carbons (Fsp3) is 0.200. The minimum atomic E-state index is -0.172. The summed E-state index contributed by atoms with van der Waals surface area (Å²) in [5.41, 5.74) is 2.68. The van der Waals surface area contributed by atoms with Gasteiger partial charge in [-0.15, -0.1) is 11.3 Å². The van der Waals surface area contributed by atoms with Crippen LogP contribution in [0, 0.1) is 6.92 Å². The lowest BCUT2D eigenvalue weighted by atomic mass is 10.1. The van der Waals surface area contributed by atoms with Crippen molar-refractivity contribution in [1.82, 2.24) is 10.3 Å². The summed E-state index contributed by atoms with van der Waals surface area (Å²) in [6.45, 7) is 4.35. The molecular weight excluding hydrogens is 332 g/mol. The third kappa shape index (κ3) is 4.67. The summed E-state index contributed by atoms with van der Waals surface area (Å²) in [6.07, 6.45) is 0. The quantitative estimate of drug-likeness (QED) is 0.709. The molecule has 3 rings (SSSR count). The van der Waals surface area contributed by atoms with Crippen LogP contribution in [0.5, 0.6) is 5.75 Å². The van der Waals surface area contributed by atoms with E-state index in [-0.39, 0.29) is 11.9 Å². The van der Waals surface area contributed by atoms with Crippen LogP contribution >= 0.6 is 11.3 Å². The second-order valence-electron chi connectivity index (χ2n) is 5.83. The minimum absolute atomic E-state index is 0.0670. The normalized spacial score (nSPS) is 11.8. The number of nitrogens with one attached hydrogen (secondary N) is 1. The first-order chi connectivity index (χ1) is 12.1. The second kappa shape index (κ2) is 7.94. The number of aromatic nitrogens is 1. The number of hydrogen-bond donors (Lipinski definition) is 1. The number of rotatable bonds is 6. The number of amides is 1. The van der Waals surface area contributed by atoms with Crippen LogP contribution in [-0.4, -0.2) is 10.9 Å². The number of aryl methyl sites for hydroxylation is 1.